The van der Waals surface area contributed by atoms with Gasteiger partial charge >= 0.3 is 11.6 Å². The fraction of sp³-hybridized carbons (Fsp3) is 0.259. The van der Waals surface area contributed by atoms with E-state index in [1.54, 1.807) is 48.5 Å². The fourth-order valence-corrected chi connectivity index (χ4v) is 3.13. The summed E-state index contributed by atoms with van der Waals surface area (Å²) in [6, 6.07) is 17.3. The van der Waals surface area contributed by atoms with Crippen LogP contribution in [0.15, 0.2) is 69.4 Å². The molecular weight excluding hydrogens is 448 g/mol. The molecule has 0 saturated heterocycles. The first-order valence-electron chi connectivity index (χ1n) is 11.3. The summed E-state index contributed by atoms with van der Waals surface area (Å²) in [5.41, 5.74) is 0.109. The van der Waals surface area contributed by atoms with E-state index < -0.39 is 17.5 Å². The molecule has 3 rings (SSSR count). The third kappa shape index (κ3) is 7.30. The Bertz CT molecular complexity index is 1300. The van der Waals surface area contributed by atoms with Gasteiger partial charge in [-0.3, -0.25) is 4.79 Å². The van der Waals surface area contributed by atoms with Crippen LogP contribution in [0, 0.1) is 11.3 Å². The molecule has 0 fully saturated rings. The first-order chi connectivity index (χ1) is 17.0. The maximum atomic E-state index is 12.3. The number of fused-ring (bicyclic) bond motifs is 1. The Morgan fingerprint density at radius 2 is 1.86 bits per heavy atom. The summed E-state index contributed by atoms with van der Waals surface area (Å²) in [4.78, 5) is 36.6. The molecule has 35 heavy (non-hydrogen) atoms. The number of nitrogens with zero attached hydrogens (tertiary/aromatic N) is 1. The third-order valence-electron chi connectivity index (χ3n) is 5.02. The highest BCUT2D eigenvalue weighted by Crippen LogP contribution is 2.16. The lowest BCUT2D eigenvalue weighted by molar-refractivity contribution is -0.138. The summed E-state index contributed by atoms with van der Waals surface area (Å²) in [5.74, 6) is -0.604. The topological polar surface area (TPSA) is 119 Å². The third-order valence-corrected chi connectivity index (χ3v) is 5.02. The number of hydrogen-bond acceptors (Lipinski definition) is 7. The van der Waals surface area contributed by atoms with Crippen LogP contribution in [0.1, 0.15) is 42.1 Å². The van der Waals surface area contributed by atoms with Crippen LogP contribution in [0.4, 0.5) is 0 Å². The van der Waals surface area contributed by atoms with Crippen molar-refractivity contribution in [3.63, 3.8) is 0 Å². The molecule has 8 heteroatoms. The number of carbonyl (C=O) groups is 2. The Hall–Kier alpha value is -4.38. The fourth-order valence-electron chi connectivity index (χ4n) is 3.13. The van der Waals surface area contributed by atoms with Crippen molar-refractivity contribution in [2.24, 2.45) is 0 Å². The SMILES string of the molecule is CCCCOc1ccc(/C=C(\C#N)C(=O)OCCCNC(=O)c2cc3ccccc3oc2=O)cc1. The molecule has 1 aromatic heterocycles. The number of hydrogen-bond donors (Lipinski definition) is 1. The maximum Gasteiger partial charge on any atom is 0.349 e. The first-order valence-corrected chi connectivity index (χ1v) is 11.3. The molecule has 180 valence electrons. The Morgan fingerprint density at radius 3 is 2.60 bits per heavy atom. The van der Waals surface area contributed by atoms with Gasteiger partial charge in [0, 0.05) is 11.9 Å². The van der Waals surface area contributed by atoms with Crippen LogP contribution < -0.4 is 15.7 Å². The Kier molecular flexibility index (Phi) is 9.20. The van der Waals surface area contributed by atoms with Crippen molar-refractivity contribution in [3.8, 4) is 11.8 Å². The van der Waals surface area contributed by atoms with E-state index in [9.17, 15) is 19.6 Å². The number of benzene rings is 2. The van der Waals surface area contributed by atoms with Crippen molar-refractivity contribution in [3.05, 3.63) is 81.7 Å². The van der Waals surface area contributed by atoms with Gasteiger partial charge in [-0.2, -0.15) is 5.26 Å². The molecule has 0 radical (unpaired) electrons. The number of para-hydroxylation sites is 1. The molecule has 0 saturated carbocycles. The minimum atomic E-state index is -0.753. The van der Waals surface area contributed by atoms with E-state index in [0.29, 0.717) is 29.6 Å². The molecule has 1 heterocycles. The van der Waals surface area contributed by atoms with Gasteiger partial charge in [0.15, 0.2) is 0 Å². The number of amides is 1. The minimum Gasteiger partial charge on any atom is -0.494 e. The van der Waals surface area contributed by atoms with E-state index in [1.165, 1.54) is 12.1 Å². The number of carbonyl (C=O) groups excluding carboxylic acids is 2. The van der Waals surface area contributed by atoms with Crippen LogP contribution in [0.2, 0.25) is 0 Å². The van der Waals surface area contributed by atoms with Crippen molar-refractivity contribution >= 4 is 28.9 Å². The van der Waals surface area contributed by atoms with Gasteiger partial charge in [-0.1, -0.05) is 43.7 Å². The van der Waals surface area contributed by atoms with Gasteiger partial charge in [0.2, 0.25) is 0 Å². The van der Waals surface area contributed by atoms with Gasteiger partial charge in [0.05, 0.1) is 13.2 Å². The van der Waals surface area contributed by atoms with Gasteiger partial charge < -0.3 is 19.2 Å². The van der Waals surface area contributed by atoms with Crippen LogP contribution in [0.25, 0.3) is 17.0 Å². The van der Waals surface area contributed by atoms with Gasteiger partial charge in [-0.25, -0.2) is 9.59 Å². The van der Waals surface area contributed by atoms with Crippen LogP contribution in [-0.4, -0.2) is 31.6 Å². The average molecular weight is 475 g/mol. The quantitative estimate of drug-likeness (QED) is 0.145. The minimum absolute atomic E-state index is 0.00529. The van der Waals surface area contributed by atoms with E-state index in [1.807, 2.05) is 6.07 Å². The molecule has 1 N–H and O–H groups in total. The zero-order valence-corrected chi connectivity index (χ0v) is 19.4. The van der Waals surface area contributed by atoms with Crippen molar-refractivity contribution in [1.29, 1.82) is 5.26 Å². The molecule has 0 spiro atoms. The van der Waals surface area contributed by atoms with E-state index in [-0.39, 0.29) is 24.3 Å². The predicted octanol–water partition coefficient (Wildman–Crippen LogP) is 4.24. The van der Waals surface area contributed by atoms with Gasteiger partial charge in [0.1, 0.15) is 28.5 Å². The van der Waals surface area contributed by atoms with E-state index in [2.05, 4.69) is 12.2 Å². The molecule has 0 bridgehead atoms. The monoisotopic (exact) mass is 474 g/mol. The maximum absolute atomic E-state index is 12.3. The molecule has 3 aromatic rings. The Balaban J connectivity index is 1.46. The average Bonchev–Trinajstić information content (AvgIpc) is 2.87. The number of rotatable bonds is 11. The summed E-state index contributed by atoms with van der Waals surface area (Å²) in [6.07, 6.45) is 3.76. The van der Waals surface area contributed by atoms with E-state index >= 15 is 0 Å². The highest BCUT2D eigenvalue weighted by Gasteiger charge is 2.14. The van der Waals surface area contributed by atoms with Crippen molar-refractivity contribution in [2.45, 2.75) is 26.2 Å². The molecule has 0 aliphatic carbocycles. The van der Waals surface area contributed by atoms with Gasteiger partial charge in [0.25, 0.3) is 5.91 Å². The molecular formula is C27H26N2O6. The van der Waals surface area contributed by atoms with Crippen LogP contribution in [-0.2, 0) is 9.53 Å². The Labute approximate surface area is 202 Å². The normalized spacial score (nSPS) is 11.0. The summed E-state index contributed by atoms with van der Waals surface area (Å²) < 4.78 is 15.9. The van der Waals surface area contributed by atoms with Crippen LogP contribution in [0.3, 0.4) is 0 Å². The smallest absolute Gasteiger partial charge is 0.349 e. The number of nitriles is 1. The highest BCUT2D eigenvalue weighted by atomic mass is 16.5. The second-order valence-corrected chi connectivity index (χ2v) is 7.67. The summed E-state index contributed by atoms with van der Waals surface area (Å²) in [6.45, 7) is 2.89. The second-order valence-electron chi connectivity index (χ2n) is 7.67. The lowest BCUT2D eigenvalue weighted by Gasteiger charge is -2.07. The number of nitrogens with one attached hydrogen (secondary N) is 1. The molecule has 0 aliphatic heterocycles. The van der Waals surface area contributed by atoms with Crippen LogP contribution >= 0.6 is 0 Å². The van der Waals surface area contributed by atoms with E-state index in [0.717, 1.165) is 18.6 Å². The summed E-state index contributed by atoms with van der Waals surface area (Å²) in [7, 11) is 0. The lowest BCUT2D eigenvalue weighted by Crippen LogP contribution is -2.29. The van der Waals surface area contributed by atoms with E-state index in [4.69, 9.17) is 13.9 Å². The standard InChI is InChI=1S/C27H26N2O6/c1-2-3-14-33-22-11-9-19(10-12-22)16-21(18-28)26(31)34-15-6-13-29-25(30)23-17-20-7-4-5-8-24(20)35-27(23)32/h4-5,7-12,16-17H,2-3,6,13-15H2,1H3,(H,29,30)/b21-16+. The second kappa shape index (κ2) is 12.8. The Morgan fingerprint density at radius 1 is 1.09 bits per heavy atom. The zero-order valence-electron chi connectivity index (χ0n) is 19.4. The van der Waals surface area contributed by atoms with Gasteiger partial charge in [-0.05, 0) is 48.7 Å². The largest absolute Gasteiger partial charge is 0.494 e. The molecule has 0 atom stereocenters. The van der Waals surface area contributed by atoms with Crippen molar-refractivity contribution in [1.82, 2.24) is 5.32 Å². The molecule has 8 nitrogen and oxygen atoms in total. The van der Waals surface area contributed by atoms with Crippen molar-refractivity contribution in [2.75, 3.05) is 19.8 Å². The van der Waals surface area contributed by atoms with Gasteiger partial charge in [-0.15, -0.1) is 0 Å². The van der Waals surface area contributed by atoms with Crippen LogP contribution in [0.5, 0.6) is 5.75 Å². The predicted molar refractivity (Wildman–Crippen MR) is 131 cm³/mol. The zero-order chi connectivity index (χ0) is 25.0. The number of ether oxygens (including phenoxy) is 2. The molecule has 0 aliphatic rings. The summed E-state index contributed by atoms with van der Waals surface area (Å²) >= 11 is 0. The molecule has 1 amide bonds. The molecule has 0 unspecified atom stereocenters. The highest BCUT2D eigenvalue weighted by molar-refractivity contribution is 5.98. The summed E-state index contributed by atoms with van der Waals surface area (Å²) in [5, 5.41) is 12.6. The number of esters is 1. The molecule has 2 aromatic carbocycles. The lowest BCUT2D eigenvalue weighted by atomic mass is 10.1. The first kappa shape index (κ1) is 25.2. The van der Waals surface area contributed by atoms with Crippen molar-refractivity contribution < 1.29 is 23.5 Å². The number of unbranched alkanes of at least 4 members (excludes halogenated alkanes) is 1.